The zero-order valence-electron chi connectivity index (χ0n) is 16.4. The number of Topliss-reactive ketones (excluding diaryl/α,β-unsaturated/α-hetero) is 2. The molecule has 0 spiro atoms. The van der Waals surface area contributed by atoms with Crippen LogP contribution in [-0.2, 0) is 4.74 Å². The Kier molecular flexibility index (Phi) is 8.41. The van der Waals surface area contributed by atoms with E-state index in [0.717, 1.165) is 19.3 Å². The van der Waals surface area contributed by atoms with Crippen LogP contribution in [0.1, 0.15) is 73.1 Å². The topological polar surface area (TPSA) is 43.4 Å². The standard InChI is InChI=1S/C24H30O3/c1-3-5-6-7-14-19-27-24(4-2,22(25)20-15-10-8-11-16-20)23(26)21-17-12-9-13-18-21/h8-13,15-18H,3-7,14,19H2,1-2H3. The number of hydrogen-bond donors (Lipinski definition) is 0. The number of rotatable bonds is 12. The lowest BCUT2D eigenvalue weighted by Crippen LogP contribution is -2.49. The molecule has 0 saturated carbocycles. The Labute approximate surface area is 162 Å². The molecule has 0 bridgehead atoms. The van der Waals surface area contributed by atoms with Crippen molar-refractivity contribution in [1.29, 1.82) is 0 Å². The van der Waals surface area contributed by atoms with Gasteiger partial charge in [0.25, 0.3) is 0 Å². The number of carbonyl (C=O) groups excluding carboxylic acids is 2. The summed E-state index contributed by atoms with van der Waals surface area (Å²) in [5.41, 5.74) is -0.447. The van der Waals surface area contributed by atoms with Gasteiger partial charge in [-0.25, -0.2) is 0 Å². The molecule has 0 saturated heterocycles. The number of ether oxygens (including phenoxy) is 1. The van der Waals surface area contributed by atoms with Crippen LogP contribution in [0, 0.1) is 0 Å². The molecule has 0 radical (unpaired) electrons. The van der Waals surface area contributed by atoms with Crippen LogP contribution in [0.15, 0.2) is 60.7 Å². The van der Waals surface area contributed by atoms with Crippen molar-refractivity contribution >= 4 is 11.6 Å². The molecule has 0 aliphatic heterocycles. The molecule has 0 aliphatic rings. The molecular weight excluding hydrogens is 336 g/mol. The first kappa shape index (κ1) is 21.0. The third-order valence-corrected chi connectivity index (χ3v) is 4.90. The SMILES string of the molecule is CCCCCCCOC(CC)(C(=O)c1ccccc1)C(=O)c1ccccc1. The average Bonchev–Trinajstić information content (AvgIpc) is 2.74. The molecule has 3 heteroatoms. The third kappa shape index (κ3) is 5.36. The van der Waals surface area contributed by atoms with Gasteiger partial charge in [0.2, 0.25) is 11.6 Å². The molecule has 0 aromatic heterocycles. The Balaban J connectivity index is 2.25. The zero-order chi connectivity index (χ0) is 19.5. The summed E-state index contributed by atoms with van der Waals surface area (Å²) in [7, 11) is 0. The minimum Gasteiger partial charge on any atom is -0.359 e. The van der Waals surface area contributed by atoms with E-state index in [1.54, 1.807) is 24.3 Å². The first-order chi connectivity index (χ1) is 13.2. The van der Waals surface area contributed by atoms with Crippen molar-refractivity contribution < 1.29 is 14.3 Å². The quantitative estimate of drug-likeness (QED) is 0.267. The van der Waals surface area contributed by atoms with Crippen LogP contribution in [0.25, 0.3) is 0 Å². The monoisotopic (exact) mass is 366 g/mol. The van der Waals surface area contributed by atoms with Crippen LogP contribution in [-0.4, -0.2) is 23.8 Å². The number of ketones is 2. The lowest BCUT2D eigenvalue weighted by Gasteiger charge is -2.30. The third-order valence-electron chi connectivity index (χ3n) is 4.90. The van der Waals surface area contributed by atoms with E-state index in [4.69, 9.17) is 4.74 Å². The highest BCUT2D eigenvalue weighted by atomic mass is 16.5. The van der Waals surface area contributed by atoms with Crippen LogP contribution >= 0.6 is 0 Å². The second kappa shape index (κ2) is 10.8. The number of unbranched alkanes of at least 4 members (excludes halogenated alkanes) is 4. The molecule has 3 nitrogen and oxygen atoms in total. The van der Waals surface area contributed by atoms with E-state index in [9.17, 15) is 9.59 Å². The molecule has 2 rings (SSSR count). The van der Waals surface area contributed by atoms with E-state index in [0.29, 0.717) is 24.2 Å². The fraction of sp³-hybridized carbons (Fsp3) is 0.417. The summed E-state index contributed by atoms with van der Waals surface area (Å²) in [5.74, 6) is -0.513. The number of carbonyl (C=O) groups is 2. The van der Waals surface area contributed by atoms with Crippen molar-refractivity contribution in [2.75, 3.05) is 6.61 Å². The van der Waals surface area contributed by atoms with Crippen molar-refractivity contribution in [2.24, 2.45) is 0 Å². The smallest absolute Gasteiger partial charge is 0.202 e. The molecule has 0 atom stereocenters. The van der Waals surface area contributed by atoms with E-state index in [2.05, 4.69) is 6.92 Å². The molecule has 2 aromatic carbocycles. The van der Waals surface area contributed by atoms with Crippen molar-refractivity contribution in [1.82, 2.24) is 0 Å². The summed E-state index contributed by atoms with van der Waals surface area (Å²) in [4.78, 5) is 26.7. The van der Waals surface area contributed by atoms with Crippen LogP contribution in [0.4, 0.5) is 0 Å². The van der Waals surface area contributed by atoms with Gasteiger partial charge in [-0.3, -0.25) is 9.59 Å². The lowest BCUT2D eigenvalue weighted by molar-refractivity contribution is -0.0162. The molecule has 0 fully saturated rings. The second-order valence-corrected chi connectivity index (χ2v) is 6.83. The van der Waals surface area contributed by atoms with Crippen molar-refractivity contribution in [3.05, 3.63) is 71.8 Å². The van der Waals surface area contributed by atoms with Crippen molar-refractivity contribution in [2.45, 2.75) is 58.0 Å². The molecule has 2 aromatic rings. The summed E-state index contributed by atoms with van der Waals surface area (Å²) in [6, 6.07) is 17.9. The first-order valence-corrected chi connectivity index (χ1v) is 9.99. The highest BCUT2D eigenvalue weighted by Crippen LogP contribution is 2.28. The summed E-state index contributed by atoms with van der Waals surface area (Å²) >= 11 is 0. The second-order valence-electron chi connectivity index (χ2n) is 6.83. The number of hydrogen-bond acceptors (Lipinski definition) is 3. The van der Waals surface area contributed by atoms with Crippen LogP contribution in [0.3, 0.4) is 0 Å². The predicted octanol–water partition coefficient (Wildman–Crippen LogP) is 5.89. The number of benzene rings is 2. The van der Waals surface area contributed by atoms with Gasteiger partial charge in [0.05, 0.1) is 0 Å². The van der Waals surface area contributed by atoms with E-state index < -0.39 is 5.60 Å². The summed E-state index contributed by atoms with van der Waals surface area (Å²) in [6.45, 7) is 4.43. The molecule has 0 N–H and O–H groups in total. The fourth-order valence-corrected chi connectivity index (χ4v) is 3.25. The van der Waals surface area contributed by atoms with E-state index in [1.165, 1.54) is 12.8 Å². The van der Waals surface area contributed by atoms with Gasteiger partial charge in [-0.05, 0) is 12.8 Å². The maximum Gasteiger partial charge on any atom is 0.202 e. The van der Waals surface area contributed by atoms with Crippen LogP contribution < -0.4 is 0 Å². The van der Waals surface area contributed by atoms with Crippen molar-refractivity contribution in [3.63, 3.8) is 0 Å². The van der Waals surface area contributed by atoms with Gasteiger partial charge in [0.15, 0.2) is 5.60 Å². The Hall–Kier alpha value is -2.26. The largest absolute Gasteiger partial charge is 0.359 e. The minimum absolute atomic E-state index is 0.256. The van der Waals surface area contributed by atoms with Gasteiger partial charge < -0.3 is 4.74 Å². The molecule has 0 unspecified atom stereocenters. The van der Waals surface area contributed by atoms with E-state index in [1.807, 2.05) is 43.3 Å². The Morgan fingerprint density at radius 3 is 1.67 bits per heavy atom. The van der Waals surface area contributed by atoms with Crippen molar-refractivity contribution in [3.8, 4) is 0 Å². The Morgan fingerprint density at radius 2 is 1.22 bits per heavy atom. The highest BCUT2D eigenvalue weighted by Gasteiger charge is 2.45. The maximum absolute atomic E-state index is 13.3. The summed E-state index contributed by atoms with van der Waals surface area (Å²) in [6.07, 6.45) is 5.74. The van der Waals surface area contributed by atoms with Gasteiger partial charge in [-0.2, -0.15) is 0 Å². The first-order valence-electron chi connectivity index (χ1n) is 9.99. The summed E-state index contributed by atoms with van der Waals surface area (Å²) < 4.78 is 6.09. The molecule has 0 heterocycles. The lowest BCUT2D eigenvalue weighted by atomic mass is 9.83. The fourth-order valence-electron chi connectivity index (χ4n) is 3.25. The van der Waals surface area contributed by atoms with Gasteiger partial charge in [-0.1, -0.05) is 100 Å². The van der Waals surface area contributed by atoms with Crippen LogP contribution in [0.5, 0.6) is 0 Å². The van der Waals surface area contributed by atoms with E-state index >= 15 is 0 Å². The zero-order valence-corrected chi connectivity index (χ0v) is 16.4. The van der Waals surface area contributed by atoms with Crippen LogP contribution in [0.2, 0.25) is 0 Å². The maximum atomic E-state index is 13.3. The van der Waals surface area contributed by atoms with E-state index in [-0.39, 0.29) is 11.6 Å². The molecule has 144 valence electrons. The van der Waals surface area contributed by atoms with Gasteiger partial charge in [0.1, 0.15) is 0 Å². The minimum atomic E-state index is -1.46. The predicted molar refractivity (Wildman–Crippen MR) is 109 cm³/mol. The molecule has 27 heavy (non-hydrogen) atoms. The van der Waals surface area contributed by atoms with Gasteiger partial charge in [0, 0.05) is 17.7 Å². The average molecular weight is 367 g/mol. The Bertz CT molecular complexity index is 655. The normalized spacial score (nSPS) is 11.3. The molecule has 0 aliphatic carbocycles. The highest BCUT2D eigenvalue weighted by molar-refractivity contribution is 6.22. The van der Waals surface area contributed by atoms with Gasteiger partial charge >= 0.3 is 0 Å². The van der Waals surface area contributed by atoms with Gasteiger partial charge in [-0.15, -0.1) is 0 Å². The Morgan fingerprint density at radius 1 is 0.741 bits per heavy atom. The molecular formula is C24H30O3. The molecule has 0 amide bonds. The summed E-state index contributed by atoms with van der Waals surface area (Å²) in [5, 5.41) is 0.